The fourth-order valence-corrected chi connectivity index (χ4v) is 4.70. The van der Waals surface area contributed by atoms with E-state index in [0.717, 1.165) is 13.3 Å². The maximum atomic E-state index is 4.70. The number of hydrogen-bond acceptors (Lipinski definition) is 4. The monoisotopic (exact) mass is 438 g/mol. The molecule has 1 saturated carbocycles. The van der Waals surface area contributed by atoms with Crippen molar-refractivity contribution in [1.82, 2.24) is 20.4 Å². The van der Waals surface area contributed by atoms with Crippen molar-refractivity contribution < 1.29 is 22.5 Å². The number of nitrogens with one attached hydrogen (secondary N) is 4. The zero-order chi connectivity index (χ0) is 17.5. The maximum absolute atomic E-state index is 4.70. The molecule has 6 unspecified atom stereocenters. The molecule has 0 radical (unpaired) electrons. The molecule has 9 heteroatoms. The Bertz CT molecular complexity index is 360. The van der Waals surface area contributed by atoms with Crippen LogP contribution in [0, 0.1) is 0 Å². The van der Waals surface area contributed by atoms with E-state index in [1.165, 1.54) is 78.3 Å². The van der Waals surface area contributed by atoms with Gasteiger partial charge in [0.25, 0.3) is 0 Å². The summed E-state index contributed by atoms with van der Waals surface area (Å²) < 4.78 is 0. The van der Waals surface area contributed by atoms with E-state index in [-0.39, 0.29) is 0 Å². The van der Waals surface area contributed by atoms with Gasteiger partial charge in [0.1, 0.15) is 26.7 Å². The van der Waals surface area contributed by atoms with Gasteiger partial charge in [-0.3, -0.25) is 10.6 Å². The van der Waals surface area contributed by atoms with Crippen LogP contribution >= 0.6 is 20.4 Å². The summed E-state index contributed by atoms with van der Waals surface area (Å²) in [6, 6.07) is 1.38. The average molecular weight is 440 g/mol. The van der Waals surface area contributed by atoms with Gasteiger partial charge in [-0.05, 0) is 12.8 Å². The summed E-state index contributed by atoms with van der Waals surface area (Å²) in [6.45, 7) is 12.5. The summed E-state index contributed by atoms with van der Waals surface area (Å²) in [5, 5.41) is 7.80. The van der Waals surface area contributed by atoms with Gasteiger partial charge < -0.3 is 9.80 Å². The van der Waals surface area contributed by atoms with Crippen LogP contribution in [-0.2, 0) is 12.7 Å². The van der Waals surface area contributed by atoms with Gasteiger partial charge in [0.2, 0.25) is 0 Å². The second-order valence-corrected chi connectivity index (χ2v) is 9.49. The van der Waals surface area contributed by atoms with Crippen molar-refractivity contribution >= 4 is 20.4 Å². The molecular weight excluding hydrogens is 406 g/mol. The van der Waals surface area contributed by atoms with Gasteiger partial charge in [-0.1, -0.05) is 12.8 Å². The van der Waals surface area contributed by atoms with E-state index in [4.69, 9.17) is 20.4 Å². The van der Waals surface area contributed by atoms with Gasteiger partial charge in [-0.2, -0.15) is 0 Å². The molecule has 6 atom stereocenters. The molecule has 0 spiro atoms. The Morgan fingerprint density at radius 1 is 0.760 bits per heavy atom. The summed E-state index contributed by atoms with van der Waals surface area (Å²) in [7, 11) is 9.40. The number of fused-ring (bicyclic) bond motifs is 5. The Kier molecular flexibility index (Phi) is 9.04. The molecule has 25 heavy (non-hydrogen) atoms. The van der Waals surface area contributed by atoms with Crippen molar-refractivity contribution in [3.63, 3.8) is 0 Å². The molecule has 0 aromatic heterocycles. The molecule has 150 valence electrons. The number of nitrogens with zero attached hydrogens (tertiary/aromatic N) is 2. The van der Waals surface area contributed by atoms with Gasteiger partial charge >= 0.3 is 33.0 Å². The summed E-state index contributed by atoms with van der Waals surface area (Å²) in [6.07, 6.45) is 5.52. The van der Waals surface area contributed by atoms with E-state index in [0.29, 0.717) is 24.7 Å². The van der Waals surface area contributed by atoms with E-state index in [2.05, 4.69) is 20.4 Å². The molecule has 1 aliphatic carbocycles. The van der Waals surface area contributed by atoms with Crippen molar-refractivity contribution in [3.8, 4) is 0 Å². The Morgan fingerprint density at radius 2 is 1.20 bits per heavy atom. The summed E-state index contributed by atoms with van der Waals surface area (Å²) in [5.74, 6) is 0. The molecule has 0 aromatic rings. The first-order valence-corrected chi connectivity index (χ1v) is 12.4. The Labute approximate surface area is 166 Å². The van der Waals surface area contributed by atoms with Crippen LogP contribution in [0.25, 0.3) is 0 Å². The molecule has 3 saturated heterocycles. The topological polar surface area (TPSA) is 39.4 Å². The molecule has 0 aromatic carbocycles. The SMILES string of the molecule is C1CCC2NC[NH+]3CCN(CCN4CC[NH+](CNC2C1)C4)C3.[Cl][Ni][Cl]. The van der Waals surface area contributed by atoms with E-state index in [9.17, 15) is 0 Å². The second-order valence-electron chi connectivity index (χ2n) is 7.86. The zero-order valence-corrected chi connectivity index (χ0v) is 17.5. The number of halogens is 2. The first kappa shape index (κ1) is 20.6. The van der Waals surface area contributed by atoms with Gasteiger partial charge in [-0.25, -0.2) is 9.80 Å². The first-order valence-electron chi connectivity index (χ1n) is 9.69. The number of quaternary nitrogens is 2. The van der Waals surface area contributed by atoms with Gasteiger partial charge in [-0.15, -0.1) is 0 Å². The van der Waals surface area contributed by atoms with Crippen LogP contribution in [0.2, 0.25) is 0 Å². The van der Waals surface area contributed by atoms with Crippen LogP contribution in [0.5, 0.6) is 0 Å². The van der Waals surface area contributed by atoms with Crippen LogP contribution in [-0.4, -0.2) is 87.8 Å². The fourth-order valence-electron chi connectivity index (χ4n) is 4.70. The predicted molar refractivity (Wildman–Crippen MR) is 98.3 cm³/mol. The van der Waals surface area contributed by atoms with Gasteiger partial charge in [0.05, 0.1) is 26.2 Å². The minimum absolute atomic E-state index is 0.569. The second kappa shape index (κ2) is 11.0. The molecule has 6 nitrogen and oxygen atoms in total. The average Bonchev–Trinajstić information content (AvgIpc) is 3.26. The Morgan fingerprint density at radius 3 is 1.64 bits per heavy atom. The minimum atomic E-state index is 0.569. The summed E-state index contributed by atoms with van der Waals surface area (Å²) in [5.41, 5.74) is 0. The molecule has 4 rings (SSSR count). The molecule has 0 amide bonds. The Balaban J connectivity index is 0.000000569. The van der Waals surface area contributed by atoms with Crippen LogP contribution in [0.15, 0.2) is 0 Å². The molecule has 4 N–H and O–H groups in total. The third kappa shape index (κ3) is 6.44. The van der Waals surface area contributed by atoms with Crippen LogP contribution < -0.4 is 20.4 Å². The van der Waals surface area contributed by atoms with E-state index < -0.39 is 0 Å². The molecular formula is C16H34Cl2N6Ni+2. The fraction of sp³-hybridized carbons (Fsp3) is 1.00. The van der Waals surface area contributed by atoms with Crippen molar-refractivity contribution in [2.24, 2.45) is 0 Å². The van der Waals surface area contributed by atoms with Crippen molar-refractivity contribution in [2.75, 3.05) is 65.9 Å². The van der Waals surface area contributed by atoms with Gasteiger partial charge in [0.15, 0.2) is 0 Å². The van der Waals surface area contributed by atoms with Crippen LogP contribution in [0.3, 0.4) is 0 Å². The molecule has 3 heterocycles. The molecule has 4 fully saturated rings. The van der Waals surface area contributed by atoms with Crippen LogP contribution in [0.4, 0.5) is 0 Å². The van der Waals surface area contributed by atoms with E-state index in [1.807, 2.05) is 0 Å². The van der Waals surface area contributed by atoms with Crippen molar-refractivity contribution in [2.45, 2.75) is 37.8 Å². The number of hydrogen-bond donors (Lipinski definition) is 4. The zero-order valence-electron chi connectivity index (χ0n) is 15.0. The quantitative estimate of drug-likeness (QED) is 0.333. The van der Waals surface area contributed by atoms with Crippen LogP contribution in [0.1, 0.15) is 25.7 Å². The van der Waals surface area contributed by atoms with E-state index in [1.54, 1.807) is 9.80 Å². The van der Waals surface area contributed by atoms with Crippen molar-refractivity contribution in [3.05, 3.63) is 0 Å². The normalized spacial score (nSPS) is 42.2. The third-order valence-electron chi connectivity index (χ3n) is 6.18. The van der Waals surface area contributed by atoms with Gasteiger partial charge in [0, 0.05) is 25.2 Å². The first-order chi connectivity index (χ1) is 12.3. The molecule has 4 aliphatic rings. The third-order valence-corrected chi connectivity index (χ3v) is 6.18. The molecule has 4 bridgehead atoms. The Hall–Kier alpha value is 0.834. The number of rotatable bonds is 0. The van der Waals surface area contributed by atoms with E-state index >= 15 is 0 Å². The summed E-state index contributed by atoms with van der Waals surface area (Å²) in [4.78, 5) is 8.79. The molecule has 3 aliphatic heterocycles. The van der Waals surface area contributed by atoms with Crippen molar-refractivity contribution in [1.29, 1.82) is 0 Å². The standard InChI is InChI=1S/C16H32N6.2ClH.Ni/c1-2-4-16-15(3-1)17-11-21-9-7-19(13-21)5-6-20-8-10-22(14-20)12-18-16;;;/h15-18H,1-14H2;2*1H;/q;;;+2. The summed E-state index contributed by atoms with van der Waals surface area (Å²) >= 11 is 0.569. The predicted octanol–water partition coefficient (Wildman–Crippen LogP) is -1.90.